The first-order chi connectivity index (χ1) is 6.88. The van der Waals surface area contributed by atoms with Gasteiger partial charge in [-0.05, 0) is 12.5 Å². The van der Waals surface area contributed by atoms with Gasteiger partial charge in [0.25, 0.3) is 0 Å². The highest BCUT2D eigenvalue weighted by molar-refractivity contribution is 5.59. The van der Waals surface area contributed by atoms with Crippen molar-refractivity contribution >= 4 is 5.76 Å². The summed E-state index contributed by atoms with van der Waals surface area (Å²) in [6.07, 6.45) is 3.20. The molecule has 0 unspecified atom stereocenters. The van der Waals surface area contributed by atoms with Gasteiger partial charge in [0, 0.05) is 12.0 Å². The van der Waals surface area contributed by atoms with Gasteiger partial charge < -0.3 is 4.74 Å². The summed E-state index contributed by atoms with van der Waals surface area (Å²) in [6, 6.07) is 12.0. The monoisotopic (exact) mass is 187 g/mol. The van der Waals surface area contributed by atoms with Crippen LogP contribution in [-0.4, -0.2) is 7.11 Å². The summed E-state index contributed by atoms with van der Waals surface area (Å²) in [6.45, 7) is 0. The van der Waals surface area contributed by atoms with Crippen LogP contribution in [0.4, 0.5) is 0 Å². The van der Waals surface area contributed by atoms with Crippen LogP contribution in [0.25, 0.3) is 5.76 Å². The normalized spacial score (nSPS) is 10.7. The highest BCUT2D eigenvalue weighted by Gasteiger charge is 1.98. The first-order valence-corrected chi connectivity index (χ1v) is 4.55. The second-order valence-electron chi connectivity index (χ2n) is 2.84. The summed E-state index contributed by atoms with van der Waals surface area (Å²) in [4.78, 5) is 0. The zero-order valence-electron chi connectivity index (χ0n) is 8.23. The number of nitriles is 1. The predicted molar refractivity (Wildman–Crippen MR) is 56.3 cm³/mol. The smallest absolute Gasteiger partial charge is 0.122 e. The van der Waals surface area contributed by atoms with Crippen LogP contribution in [0.3, 0.4) is 0 Å². The molecular weight excluding hydrogens is 174 g/mol. The Hall–Kier alpha value is -1.75. The average molecular weight is 187 g/mol. The maximum Gasteiger partial charge on any atom is 0.122 e. The van der Waals surface area contributed by atoms with Crippen LogP contribution in [0.5, 0.6) is 0 Å². The molecule has 14 heavy (non-hydrogen) atoms. The van der Waals surface area contributed by atoms with E-state index in [0.29, 0.717) is 6.42 Å². The first-order valence-electron chi connectivity index (χ1n) is 4.55. The van der Waals surface area contributed by atoms with Crippen LogP contribution in [0.1, 0.15) is 18.4 Å². The Bertz CT molecular complexity index is 335. The Labute approximate surface area is 84.4 Å². The van der Waals surface area contributed by atoms with Gasteiger partial charge in [-0.3, -0.25) is 0 Å². The standard InChI is InChI=1S/C12H13NO/c1-14-12(9-5-6-10-13)11-7-3-2-4-8-11/h2-4,7-9H,5-6H2,1H3/b12-9-. The maximum atomic E-state index is 8.40. The fourth-order valence-electron chi connectivity index (χ4n) is 1.19. The number of unbranched alkanes of at least 4 members (excludes halogenated alkanes) is 1. The Morgan fingerprint density at radius 3 is 2.71 bits per heavy atom. The number of hydrogen-bond acceptors (Lipinski definition) is 2. The molecule has 0 aliphatic rings. The Kier molecular flexibility index (Phi) is 4.30. The molecule has 72 valence electrons. The highest BCUT2D eigenvalue weighted by atomic mass is 16.5. The molecule has 0 bridgehead atoms. The maximum absolute atomic E-state index is 8.40. The molecule has 0 aromatic heterocycles. The van der Waals surface area contributed by atoms with Crippen molar-refractivity contribution in [1.82, 2.24) is 0 Å². The summed E-state index contributed by atoms with van der Waals surface area (Å²) < 4.78 is 5.23. The number of allylic oxidation sites excluding steroid dienone is 1. The second-order valence-corrected chi connectivity index (χ2v) is 2.84. The zero-order valence-corrected chi connectivity index (χ0v) is 8.23. The van der Waals surface area contributed by atoms with E-state index in [4.69, 9.17) is 10.00 Å². The van der Waals surface area contributed by atoms with Crippen LogP contribution in [0.15, 0.2) is 36.4 Å². The number of hydrogen-bond donors (Lipinski definition) is 0. The molecule has 0 amide bonds. The van der Waals surface area contributed by atoms with Gasteiger partial charge in [0.15, 0.2) is 0 Å². The van der Waals surface area contributed by atoms with Gasteiger partial charge in [-0.2, -0.15) is 5.26 Å². The minimum Gasteiger partial charge on any atom is -0.496 e. The lowest BCUT2D eigenvalue weighted by Gasteiger charge is -2.05. The minimum atomic E-state index is 0.527. The third-order valence-electron chi connectivity index (χ3n) is 1.86. The van der Waals surface area contributed by atoms with Crippen molar-refractivity contribution in [1.29, 1.82) is 5.26 Å². The van der Waals surface area contributed by atoms with Crippen molar-refractivity contribution in [2.45, 2.75) is 12.8 Å². The number of rotatable bonds is 4. The van der Waals surface area contributed by atoms with Crippen molar-refractivity contribution < 1.29 is 4.74 Å². The summed E-state index contributed by atoms with van der Waals surface area (Å²) in [5.41, 5.74) is 1.05. The molecule has 1 rings (SSSR count). The molecule has 0 aliphatic carbocycles. The van der Waals surface area contributed by atoms with Crippen molar-refractivity contribution in [3.63, 3.8) is 0 Å². The zero-order chi connectivity index (χ0) is 10.2. The molecule has 0 saturated carbocycles. The van der Waals surface area contributed by atoms with E-state index in [0.717, 1.165) is 17.7 Å². The molecule has 0 aliphatic heterocycles. The molecule has 0 atom stereocenters. The summed E-state index contributed by atoms with van der Waals surface area (Å²) in [5.74, 6) is 0.834. The van der Waals surface area contributed by atoms with Gasteiger partial charge in [-0.25, -0.2) is 0 Å². The first kappa shape index (κ1) is 10.3. The molecule has 0 spiro atoms. The fraction of sp³-hybridized carbons (Fsp3) is 0.250. The number of methoxy groups -OCH3 is 1. The summed E-state index contributed by atoms with van der Waals surface area (Å²) in [5, 5.41) is 8.40. The molecule has 0 fully saturated rings. The average Bonchev–Trinajstić information content (AvgIpc) is 2.26. The van der Waals surface area contributed by atoms with Gasteiger partial charge in [0.05, 0.1) is 13.2 Å². The Morgan fingerprint density at radius 1 is 1.43 bits per heavy atom. The number of benzene rings is 1. The summed E-state index contributed by atoms with van der Waals surface area (Å²) >= 11 is 0. The van der Waals surface area contributed by atoms with Crippen LogP contribution < -0.4 is 0 Å². The largest absolute Gasteiger partial charge is 0.496 e. The Balaban J connectivity index is 2.73. The van der Waals surface area contributed by atoms with Crippen LogP contribution in [0, 0.1) is 11.3 Å². The molecule has 1 aromatic carbocycles. The third kappa shape index (κ3) is 2.95. The van der Waals surface area contributed by atoms with E-state index < -0.39 is 0 Å². The SMILES string of the molecule is CO/C(=C\CCC#N)c1ccccc1. The lowest BCUT2D eigenvalue weighted by atomic mass is 10.1. The van der Waals surface area contributed by atoms with E-state index in [2.05, 4.69) is 6.07 Å². The molecule has 0 saturated heterocycles. The van der Waals surface area contributed by atoms with Gasteiger partial charge in [-0.1, -0.05) is 30.3 Å². The van der Waals surface area contributed by atoms with E-state index in [9.17, 15) is 0 Å². The minimum absolute atomic E-state index is 0.527. The van der Waals surface area contributed by atoms with Crippen LogP contribution in [0.2, 0.25) is 0 Å². The molecule has 2 nitrogen and oxygen atoms in total. The quantitative estimate of drug-likeness (QED) is 0.536. The van der Waals surface area contributed by atoms with Crippen LogP contribution in [-0.2, 0) is 4.74 Å². The molecule has 1 aromatic rings. The van der Waals surface area contributed by atoms with Crippen molar-refractivity contribution in [2.24, 2.45) is 0 Å². The lowest BCUT2D eigenvalue weighted by Crippen LogP contribution is -1.86. The van der Waals surface area contributed by atoms with Crippen LogP contribution >= 0.6 is 0 Å². The molecule has 2 heteroatoms. The molecule has 0 radical (unpaired) electrons. The van der Waals surface area contributed by atoms with E-state index >= 15 is 0 Å². The lowest BCUT2D eigenvalue weighted by molar-refractivity contribution is 0.368. The van der Waals surface area contributed by atoms with Gasteiger partial charge >= 0.3 is 0 Å². The van der Waals surface area contributed by atoms with E-state index in [1.807, 2.05) is 36.4 Å². The molecule has 0 heterocycles. The molecular formula is C12H13NO. The third-order valence-corrected chi connectivity index (χ3v) is 1.86. The number of ether oxygens (including phenoxy) is 1. The fourth-order valence-corrected chi connectivity index (χ4v) is 1.19. The van der Waals surface area contributed by atoms with E-state index in [1.165, 1.54) is 0 Å². The van der Waals surface area contributed by atoms with Gasteiger partial charge in [0.1, 0.15) is 5.76 Å². The van der Waals surface area contributed by atoms with E-state index in [-0.39, 0.29) is 0 Å². The number of nitrogens with zero attached hydrogens (tertiary/aromatic N) is 1. The van der Waals surface area contributed by atoms with Crippen molar-refractivity contribution in [3.8, 4) is 6.07 Å². The second kappa shape index (κ2) is 5.82. The summed E-state index contributed by atoms with van der Waals surface area (Å²) in [7, 11) is 1.64. The van der Waals surface area contributed by atoms with Crippen molar-refractivity contribution in [3.05, 3.63) is 42.0 Å². The van der Waals surface area contributed by atoms with Gasteiger partial charge in [0.2, 0.25) is 0 Å². The van der Waals surface area contributed by atoms with Crippen molar-refractivity contribution in [2.75, 3.05) is 7.11 Å². The molecule has 0 N–H and O–H groups in total. The Morgan fingerprint density at radius 2 is 2.14 bits per heavy atom. The topological polar surface area (TPSA) is 33.0 Å². The van der Waals surface area contributed by atoms with Gasteiger partial charge in [-0.15, -0.1) is 0 Å². The predicted octanol–water partition coefficient (Wildman–Crippen LogP) is 2.98. The highest BCUT2D eigenvalue weighted by Crippen LogP contribution is 2.15. The van der Waals surface area contributed by atoms with E-state index in [1.54, 1.807) is 7.11 Å².